The van der Waals surface area contributed by atoms with Crippen LogP contribution in [0.5, 0.6) is 5.75 Å². The third kappa shape index (κ3) is 5.01. The van der Waals surface area contributed by atoms with Crippen molar-refractivity contribution in [3.05, 3.63) is 65.2 Å². The van der Waals surface area contributed by atoms with Gasteiger partial charge in [0, 0.05) is 12.0 Å². The highest BCUT2D eigenvalue weighted by Gasteiger charge is 2.14. The predicted molar refractivity (Wildman–Crippen MR) is 92.6 cm³/mol. The number of benzene rings is 2. The number of rotatable bonds is 8. The van der Waals surface area contributed by atoms with E-state index >= 15 is 0 Å². The second-order valence-electron chi connectivity index (χ2n) is 5.56. The van der Waals surface area contributed by atoms with E-state index in [9.17, 15) is 19.5 Å². The van der Waals surface area contributed by atoms with Gasteiger partial charge < -0.3 is 9.84 Å². The number of carbonyl (C=O) groups is 3. The van der Waals surface area contributed by atoms with Crippen LogP contribution in [0.1, 0.15) is 41.3 Å². The van der Waals surface area contributed by atoms with Crippen LogP contribution in [0, 0.1) is 0 Å². The van der Waals surface area contributed by atoms with Crippen molar-refractivity contribution in [1.29, 1.82) is 0 Å². The highest BCUT2D eigenvalue weighted by atomic mass is 16.5. The van der Waals surface area contributed by atoms with Crippen molar-refractivity contribution in [3.8, 4) is 5.75 Å². The molecule has 0 saturated carbocycles. The fourth-order valence-electron chi connectivity index (χ4n) is 2.34. The molecule has 0 aliphatic carbocycles. The summed E-state index contributed by atoms with van der Waals surface area (Å²) < 4.78 is 4.86. The van der Waals surface area contributed by atoms with Crippen molar-refractivity contribution < 1.29 is 24.2 Å². The zero-order valence-corrected chi connectivity index (χ0v) is 14.0. The van der Waals surface area contributed by atoms with Crippen LogP contribution in [0.15, 0.2) is 48.5 Å². The van der Waals surface area contributed by atoms with E-state index in [-0.39, 0.29) is 30.1 Å². The first-order chi connectivity index (χ1) is 12.0. The summed E-state index contributed by atoms with van der Waals surface area (Å²) in [5.41, 5.74) is 1.58. The van der Waals surface area contributed by atoms with Crippen molar-refractivity contribution in [3.63, 3.8) is 0 Å². The minimum absolute atomic E-state index is 0.0792. The van der Waals surface area contributed by atoms with Gasteiger partial charge in [-0.3, -0.25) is 9.59 Å². The van der Waals surface area contributed by atoms with Crippen LogP contribution in [0.3, 0.4) is 0 Å². The van der Waals surface area contributed by atoms with Crippen LogP contribution in [0.4, 0.5) is 0 Å². The van der Waals surface area contributed by atoms with Gasteiger partial charge in [-0.2, -0.15) is 0 Å². The van der Waals surface area contributed by atoms with Crippen LogP contribution in [-0.2, 0) is 20.7 Å². The van der Waals surface area contributed by atoms with E-state index in [0.29, 0.717) is 18.4 Å². The Morgan fingerprint density at radius 3 is 2.40 bits per heavy atom. The molecule has 0 amide bonds. The first kappa shape index (κ1) is 18.4. The maximum absolute atomic E-state index is 12.4. The molecule has 2 aromatic carbocycles. The molecule has 0 bridgehead atoms. The molecule has 130 valence electrons. The fourth-order valence-corrected chi connectivity index (χ4v) is 2.34. The van der Waals surface area contributed by atoms with Crippen molar-refractivity contribution in [2.45, 2.75) is 26.2 Å². The average Bonchev–Trinajstić information content (AvgIpc) is 2.64. The number of hydrogen-bond donors (Lipinski definition) is 1. The van der Waals surface area contributed by atoms with Gasteiger partial charge in [-0.05, 0) is 30.5 Å². The third-order valence-corrected chi connectivity index (χ3v) is 3.73. The lowest BCUT2D eigenvalue weighted by Gasteiger charge is -2.07. The zero-order chi connectivity index (χ0) is 18.2. The zero-order valence-electron chi connectivity index (χ0n) is 14.0. The fraction of sp³-hybridized carbons (Fsp3) is 0.250. The summed E-state index contributed by atoms with van der Waals surface area (Å²) in [6, 6.07) is 13.6. The van der Waals surface area contributed by atoms with E-state index in [1.165, 1.54) is 6.07 Å². The standard InChI is InChI=1S/C20H20O5/c1-2-17(21)20(24)25-12-6-7-14-10-11-16(18(22)13-14)19(23)15-8-4-3-5-9-15/h3-5,8-11,13,22H,2,6-7,12H2,1H3. The molecule has 2 aromatic rings. The largest absolute Gasteiger partial charge is 0.507 e. The summed E-state index contributed by atoms with van der Waals surface area (Å²) in [4.78, 5) is 34.7. The normalized spacial score (nSPS) is 10.3. The molecule has 0 saturated heterocycles. The molecule has 2 rings (SSSR count). The van der Waals surface area contributed by atoms with Gasteiger partial charge in [0.25, 0.3) is 0 Å². The Kier molecular flexibility index (Phi) is 6.46. The Morgan fingerprint density at radius 2 is 1.76 bits per heavy atom. The molecule has 0 aliphatic heterocycles. The third-order valence-electron chi connectivity index (χ3n) is 3.73. The van der Waals surface area contributed by atoms with Gasteiger partial charge >= 0.3 is 5.97 Å². The van der Waals surface area contributed by atoms with Gasteiger partial charge in [0.1, 0.15) is 5.75 Å². The number of ether oxygens (including phenoxy) is 1. The molecule has 0 heterocycles. The molecule has 0 unspecified atom stereocenters. The Balaban J connectivity index is 1.92. The van der Waals surface area contributed by atoms with Gasteiger partial charge in [-0.15, -0.1) is 0 Å². The molecule has 25 heavy (non-hydrogen) atoms. The van der Waals surface area contributed by atoms with Crippen molar-refractivity contribution in [2.75, 3.05) is 6.61 Å². The topological polar surface area (TPSA) is 80.7 Å². The number of hydrogen-bond acceptors (Lipinski definition) is 5. The molecular weight excluding hydrogens is 320 g/mol. The molecule has 0 atom stereocenters. The second kappa shape index (κ2) is 8.78. The number of Topliss-reactive ketones (excluding diaryl/α,β-unsaturated/α-hetero) is 1. The minimum Gasteiger partial charge on any atom is -0.507 e. The molecule has 0 radical (unpaired) electrons. The van der Waals surface area contributed by atoms with Crippen LogP contribution < -0.4 is 0 Å². The maximum Gasteiger partial charge on any atom is 0.374 e. The lowest BCUT2D eigenvalue weighted by atomic mass is 9.99. The van der Waals surface area contributed by atoms with Gasteiger partial charge in [-0.1, -0.05) is 43.3 Å². The summed E-state index contributed by atoms with van der Waals surface area (Å²) >= 11 is 0. The summed E-state index contributed by atoms with van der Waals surface area (Å²) in [5.74, 6) is -1.67. The highest BCUT2D eigenvalue weighted by molar-refractivity contribution is 6.33. The van der Waals surface area contributed by atoms with Gasteiger partial charge in [0.15, 0.2) is 5.78 Å². The Hall–Kier alpha value is -2.95. The van der Waals surface area contributed by atoms with Crippen LogP contribution in [-0.4, -0.2) is 29.2 Å². The highest BCUT2D eigenvalue weighted by Crippen LogP contribution is 2.22. The van der Waals surface area contributed by atoms with E-state index < -0.39 is 11.8 Å². The predicted octanol–water partition coefficient (Wildman–Crippen LogP) is 3.08. The number of carbonyl (C=O) groups excluding carboxylic acids is 3. The minimum atomic E-state index is -0.811. The first-order valence-corrected chi connectivity index (χ1v) is 8.14. The van der Waals surface area contributed by atoms with Crippen molar-refractivity contribution in [2.24, 2.45) is 0 Å². The first-order valence-electron chi connectivity index (χ1n) is 8.14. The average molecular weight is 340 g/mol. The number of aromatic hydroxyl groups is 1. The van der Waals surface area contributed by atoms with E-state index in [4.69, 9.17) is 4.74 Å². The Morgan fingerprint density at radius 1 is 1.04 bits per heavy atom. The number of aryl methyl sites for hydroxylation is 1. The molecule has 0 spiro atoms. The SMILES string of the molecule is CCC(=O)C(=O)OCCCc1ccc(C(=O)c2ccccc2)c(O)c1. The van der Waals surface area contributed by atoms with Gasteiger partial charge in [0.05, 0.1) is 12.2 Å². The van der Waals surface area contributed by atoms with E-state index in [1.54, 1.807) is 43.3 Å². The summed E-state index contributed by atoms with van der Waals surface area (Å²) in [5, 5.41) is 10.1. The van der Waals surface area contributed by atoms with Crippen molar-refractivity contribution in [1.82, 2.24) is 0 Å². The van der Waals surface area contributed by atoms with Crippen LogP contribution in [0.25, 0.3) is 0 Å². The molecule has 5 heteroatoms. The lowest BCUT2D eigenvalue weighted by Crippen LogP contribution is -2.17. The summed E-state index contributed by atoms with van der Waals surface area (Å²) in [7, 11) is 0. The van der Waals surface area contributed by atoms with E-state index in [1.807, 2.05) is 6.07 Å². The Bertz CT molecular complexity index is 765. The summed E-state index contributed by atoms with van der Waals surface area (Å²) in [6.07, 6.45) is 1.21. The summed E-state index contributed by atoms with van der Waals surface area (Å²) in [6.45, 7) is 1.74. The van der Waals surface area contributed by atoms with Crippen molar-refractivity contribution >= 4 is 17.5 Å². The van der Waals surface area contributed by atoms with E-state index in [0.717, 1.165) is 5.56 Å². The quantitative estimate of drug-likeness (QED) is 0.346. The molecule has 1 N–H and O–H groups in total. The number of ketones is 2. The lowest BCUT2D eigenvalue weighted by molar-refractivity contribution is -0.153. The molecular formula is C20H20O5. The molecule has 0 fully saturated rings. The number of esters is 1. The monoisotopic (exact) mass is 340 g/mol. The molecule has 0 aromatic heterocycles. The van der Waals surface area contributed by atoms with Gasteiger partial charge in [0.2, 0.25) is 5.78 Å². The smallest absolute Gasteiger partial charge is 0.374 e. The molecule has 0 aliphatic rings. The van der Waals surface area contributed by atoms with Gasteiger partial charge in [-0.25, -0.2) is 4.79 Å². The second-order valence-corrected chi connectivity index (χ2v) is 5.56. The maximum atomic E-state index is 12.4. The van der Waals surface area contributed by atoms with Crippen LogP contribution in [0.2, 0.25) is 0 Å². The van der Waals surface area contributed by atoms with E-state index in [2.05, 4.69) is 0 Å². The number of phenols is 1. The number of phenolic OH excluding ortho intramolecular Hbond substituents is 1. The Labute approximate surface area is 146 Å². The molecule has 5 nitrogen and oxygen atoms in total. The van der Waals surface area contributed by atoms with Crippen LogP contribution >= 0.6 is 0 Å².